The van der Waals surface area contributed by atoms with E-state index in [9.17, 15) is 18.8 Å². The molecule has 1 aromatic heterocycles. The molecule has 1 atom stereocenters. The van der Waals surface area contributed by atoms with Crippen LogP contribution in [-0.4, -0.2) is 72.0 Å². The molecule has 3 aliphatic heterocycles. The Morgan fingerprint density at radius 2 is 1.50 bits per heavy atom. The van der Waals surface area contributed by atoms with Crippen molar-refractivity contribution in [3.63, 3.8) is 0 Å². The number of urea groups is 1. The zero-order valence-corrected chi connectivity index (χ0v) is 21.9. The largest absolute Gasteiger partial charge is 0.365 e. The fraction of sp³-hybridized carbons (Fsp3) is 0.345. The van der Waals surface area contributed by atoms with E-state index in [1.807, 2.05) is 24.8 Å². The van der Waals surface area contributed by atoms with Gasteiger partial charge >= 0.3 is 6.03 Å². The molecule has 38 heavy (non-hydrogen) atoms. The van der Waals surface area contributed by atoms with Gasteiger partial charge in [0.25, 0.3) is 0 Å². The maximum absolute atomic E-state index is 14.8. The third-order valence-electron chi connectivity index (χ3n) is 8.46. The summed E-state index contributed by atoms with van der Waals surface area (Å²) in [6, 6.07) is 15.6. The second-order valence-corrected chi connectivity index (χ2v) is 10.5. The number of imide groups is 2. The molecule has 1 spiro atoms. The highest BCUT2D eigenvalue weighted by molar-refractivity contribution is 6.20. The van der Waals surface area contributed by atoms with Crippen molar-refractivity contribution < 1.29 is 18.8 Å². The summed E-state index contributed by atoms with van der Waals surface area (Å²) in [6.45, 7) is 5.37. The lowest BCUT2D eigenvalue weighted by Crippen LogP contribution is -2.74. The minimum absolute atomic E-state index is 0.154. The molecule has 2 aromatic carbocycles. The SMILES string of the molecule is Cc1ccc(C)n1-c1ccc2c(c1)CC1(C(=O)N(C)C(=O)N(C)C1=O)C1CN(c3ccccc3F)CCN21. The molecule has 3 aliphatic rings. The number of hydrogen-bond acceptors (Lipinski definition) is 5. The molecule has 0 bridgehead atoms. The highest BCUT2D eigenvalue weighted by Gasteiger charge is 2.64. The minimum atomic E-state index is -1.52. The predicted octanol–water partition coefficient (Wildman–Crippen LogP) is 3.52. The van der Waals surface area contributed by atoms with Crippen LogP contribution in [0.3, 0.4) is 0 Å². The van der Waals surface area contributed by atoms with Crippen LogP contribution >= 0.6 is 0 Å². The van der Waals surface area contributed by atoms with E-state index < -0.39 is 29.3 Å². The van der Waals surface area contributed by atoms with Gasteiger partial charge in [-0.25, -0.2) is 9.18 Å². The third kappa shape index (κ3) is 3.23. The van der Waals surface area contributed by atoms with Crippen LogP contribution in [-0.2, 0) is 16.0 Å². The average Bonchev–Trinajstić information content (AvgIpc) is 3.26. The van der Waals surface area contributed by atoms with Crippen molar-refractivity contribution in [2.24, 2.45) is 5.41 Å². The molecular weight excluding hydrogens is 485 g/mol. The summed E-state index contributed by atoms with van der Waals surface area (Å²) < 4.78 is 16.9. The lowest BCUT2D eigenvalue weighted by molar-refractivity contribution is -0.159. The number of carbonyl (C=O) groups is 3. The number of fused-ring (bicyclic) bond motifs is 4. The number of para-hydroxylation sites is 1. The van der Waals surface area contributed by atoms with E-state index in [4.69, 9.17) is 0 Å². The number of carbonyl (C=O) groups excluding carboxylic acids is 3. The number of rotatable bonds is 2. The lowest BCUT2D eigenvalue weighted by atomic mass is 9.67. The van der Waals surface area contributed by atoms with E-state index in [0.717, 1.165) is 38.1 Å². The number of anilines is 2. The number of amides is 4. The third-order valence-corrected chi connectivity index (χ3v) is 8.46. The van der Waals surface area contributed by atoms with E-state index in [0.29, 0.717) is 18.8 Å². The molecule has 0 N–H and O–H groups in total. The molecule has 0 radical (unpaired) electrons. The Hall–Kier alpha value is -4.14. The smallest absolute Gasteiger partial charge is 0.332 e. The van der Waals surface area contributed by atoms with E-state index in [1.54, 1.807) is 18.2 Å². The first kappa shape index (κ1) is 24.2. The van der Waals surface area contributed by atoms with Crippen LogP contribution in [0.25, 0.3) is 5.69 Å². The Balaban J connectivity index is 1.51. The molecular formula is C29H30FN5O3. The molecule has 6 rings (SSSR count). The van der Waals surface area contributed by atoms with Crippen molar-refractivity contribution in [1.29, 1.82) is 0 Å². The van der Waals surface area contributed by atoms with Crippen LogP contribution in [0.2, 0.25) is 0 Å². The normalized spacial score (nSPS) is 20.8. The summed E-state index contributed by atoms with van der Waals surface area (Å²) in [5.41, 5.74) is 3.88. The van der Waals surface area contributed by atoms with Crippen molar-refractivity contribution in [3.8, 4) is 5.69 Å². The number of piperazine rings is 1. The van der Waals surface area contributed by atoms with E-state index in [1.165, 1.54) is 20.2 Å². The van der Waals surface area contributed by atoms with E-state index >= 15 is 0 Å². The first-order valence-electron chi connectivity index (χ1n) is 12.8. The topological polar surface area (TPSA) is 69.1 Å². The van der Waals surface area contributed by atoms with Gasteiger partial charge in [0.1, 0.15) is 5.82 Å². The summed E-state index contributed by atoms with van der Waals surface area (Å²) in [6.07, 6.45) is 0.154. The summed E-state index contributed by atoms with van der Waals surface area (Å²) >= 11 is 0. The summed E-state index contributed by atoms with van der Waals surface area (Å²) in [4.78, 5) is 46.8. The quantitative estimate of drug-likeness (QED) is 0.489. The fourth-order valence-corrected chi connectivity index (χ4v) is 6.57. The molecule has 1 unspecified atom stereocenters. The summed E-state index contributed by atoms with van der Waals surface area (Å²) in [7, 11) is 2.85. The molecule has 0 aliphatic carbocycles. The number of barbiturate groups is 1. The Morgan fingerprint density at radius 3 is 2.16 bits per heavy atom. The van der Waals surface area contributed by atoms with Gasteiger partial charge < -0.3 is 14.4 Å². The van der Waals surface area contributed by atoms with Gasteiger partial charge in [0, 0.05) is 56.5 Å². The first-order chi connectivity index (χ1) is 18.1. The Labute approximate surface area is 220 Å². The van der Waals surface area contributed by atoms with Crippen LogP contribution < -0.4 is 9.80 Å². The van der Waals surface area contributed by atoms with Gasteiger partial charge in [0.2, 0.25) is 11.8 Å². The van der Waals surface area contributed by atoms with Crippen molar-refractivity contribution in [3.05, 3.63) is 77.4 Å². The van der Waals surface area contributed by atoms with Crippen molar-refractivity contribution in [1.82, 2.24) is 14.4 Å². The van der Waals surface area contributed by atoms with Gasteiger partial charge in [-0.05, 0) is 68.3 Å². The lowest BCUT2D eigenvalue weighted by Gasteiger charge is -2.56. The number of aryl methyl sites for hydroxylation is 2. The second-order valence-electron chi connectivity index (χ2n) is 10.5. The summed E-state index contributed by atoms with van der Waals surface area (Å²) in [5.74, 6) is -1.38. The van der Waals surface area contributed by atoms with Gasteiger partial charge in [-0.1, -0.05) is 12.1 Å². The van der Waals surface area contributed by atoms with Crippen LogP contribution in [0.5, 0.6) is 0 Å². The molecule has 2 fully saturated rings. The van der Waals surface area contributed by atoms with Crippen molar-refractivity contribution in [2.75, 3.05) is 43.5 Å². The van der Waals surface area contributed by atoms with Crippen molar-refractivity contribution >= 4 is 29.2 Å². The number of aromatic nitrogens is 1. The molecule has 196 valence electrons. The fourth-order valence-electron chi connectivity index (χ4n) is 6.57. The number of hydrogen-bond donors (Lipinski definition) is 0. The molecule has 9 heteroatoms. The molecule has 4 heterocycles. The van der Waals surface area contributed by atoms with Gasteiger partial charge in [0.05, 0.1) is 11.7 Å². The Kier molecular flexibility index (Phi) is 5.38. The highest BCUT2D eigenvalue weighted by atomic mass is 19.1. The molecule has 0 saturated carbocycles. The molecule has 8 nitrogen and oxygen atoms in total. The van der Waals surface area contributed by atoms with E-state index in [2.05, 4.69) is 33.7 Å². The van der Waals surface area contributed by atoms with Gasteiger partial charge in [-0.15, -0.1) is 0 Å². The van der Waals surface area contributed by atoms with Gasteiger partial charge in [-0.3, -0.25) is 19.4 Å². The first-order valence-corrected chi connectivity index (χ1v) is 12.8. The standard InChI is InChI=1S/C29H30FN5O3/c1-18-9-10-19(2)35(18)21-11-12-23-20(15-21)16-29(26(36)31(3)28(38)32(4)27(29)37)25-17-33(13-14-34(23)25)24-8-6-5-7-22(24)30/h5-12,15,25H,13-14,16-17H2,1-4H3. The molecule has 3 aromatic rings. The van der Waals surface area contributed by atoms with Crippen molar-refractivity contribution in [2.45, 2.75) is 26.3 Å². The summed E-state index contributed by atoms with van der Waals surface area (Å²) in [5, 5.41) is 0. The Bertz CT molecular complexity index is 1450. The number of nitrogens with zero attached hydrogens (tertiary/aromatic N) is 5. The monoisotopic (exact) mass is 515 g/mol. The number of halogens is 1. The molecule has 4 amide bonds. The second kappa shape index (κ2) is 8.44. The zero-order valence-electron chi connectivity index (χ0n) is 21.9. The maximum Gasteiger partial charge on any atom is 0.332 e. The molecule has 2 saturated heterocycles. The predicted molar refractivity (Wildman–Crippen MR) is 142 cm³/mol. The van der Waals surface area contributed by atoms with Crippen LogP contribution in [0.4, 0.5) is 20.6 Å². The van der Waals surface area contributed by atoms with E-state index in [-0.39, 0.29) is 18.8 Å². The Morgan fingerprint density at radius 1 is 0.842 bits per heavy atom. The zero-order chi connectivity index (χ0) is 26.9. The van der Waals surface area contributed by atoms with Crippen LogP contribution in [0.15, 0.2) is 54.6 Å². The van der Waals surface area contributed by atoms with Gasteiger partial charge in [0.15, 0.2) is 5.41 Å². The minimum Gasteiger partial charge on any atom is -0.365 e. The van der Waals surface area contributed by atoms with Crippen LogP contribution in [0, 0.1) is 25.1 Å². The maximum atomic E-state index is 14.8. The van der Waals surface area contributed by atoms with Gasteiger partial charge in [-0.2, -0.15) is 0 Å². The highest BCUT2D eigenvalue weighted by Crippen LogP contribution is 2.47. The average molecular weight is 516 g/mol. The van der Waals surface area contributed by atoms with Crippen LogP contribution in [0.1, 0.15) is 17.0 Å². The number of benzene rings is 2.